The first-order chi connectivity index (χ1) is 6.07. The third-order valence-corrected chi connectivity index (χ3v) is 4.31. The highest BCUT2D eigenvalue weighted by molar-refractivity contribution is 8.00. The average molecular weight is 226 g/mol. The molecule has 0 aromatic heterocycles. The molecular formula is C9H12ClF2S. The molecule has 1 aliphatic carbocycles. The third-order valence-electron chi connectivity index (χ3n) is 2.65. The first kappa shape index (κ1) is 10.0. The Balaban J connectivity index is 1.88. The van der Waals surface area contributed by atoms with Gasteiger partial charge in [-0.2, -0.15) is 20.5 Å². The minimum absolute atomic E-state index is 0.123. The zero-order valence-corrected chi connectivity index (χ0v) is 8.80. The molecule has 0 aromatic carbocycles. The summed E-state index contributed by atoms with van der Waals surface area (Å²) in [5.41, 5.74) is 0. The zero-order valence-electron chi connectivity index (χ0n) is 7.23. The summed E-state index contributed by atoms with van der Waals surface area (Å²) >= 11 is 6.91. The standard InChI is InChI=1S/C9H12ClF2S/c10-9(11,12)8(7-1-2-7)3-6-4-13-5-6/h6-7H,1-5H2. The third kappa shape index (κ3) is 2.50. The van der Waals surface area contributed by atoms with E-state index >= 15 is 0 Å². The molecular weight excluding hydrogens is 214 g/mol. The Bertz CT molecular complexity index is 185. The number of halogens is 3. The molecule has 0 aromatic rings. The fourth-order valence-corrected chi connectivity index (χ4v) is 2.70. The number of alkyl halides is 3. The van der Waals surface area contributed by atoms with Gasteiger partial charge in [-0.15, -0.1) is 0 Å². The molecule has 1 heterocycles. The summed E-state index contributed by atoms with van der Waals surface area (Å²) in [4.78, 5) is 0. The SMILES string of the molecule is FC(F)(Cl)[C](CC1CSC1)C1CC1. The largest absolute Gasteiger partial charge is 0.328 e. The minimum Gasteiger partial charge on any atom is -0.188 e. The molecule has 4 heteroatoms. The van der Waals surface area contributed by atoms with Crippen LogP contribution in [-0.4, -0.2) is 16.9 Å². The Morgan fingerprint density at radius 2 is 2.00 bits per heavy atom. The van der Waals surface area contributed by atoms with Gasteiger partial charge in [-0.05, 0) is 54.2 Å². The Hall–Kier alpha value is 0.500. The van der Waals surface area contributed by atoms with Gasteiger partial charge in [0.05, 0.1) is 5.92 Å². The van der Waals surface area contributed by atoms with Gasteiger partial charge in [-0.3, -0.25) is 0 Å². The van der Waals surface area contributed by atoms with E-state index in [0.29, 0.717) is 18.3 Å². The van der Waals surface area contributed by atoms with Crippen molar-refractivity contribution in [1.82, 2.24) is 0 Å². The molecule has 1 aliphatic heterocycles. The second kappa shape index (κ2) is 3.58. The van der Waals surface area contributed by atoms with Gasteiger partial charge in [-0.25, -0.2) is 0 Å². The van der Waals surface area contributed by atoms with Crippen molar-refractivity contribution in [3.8, 4) is 0 Å². The maximum atomic E-state index is 12.9. The zero-order chi connectivity index (χ0) is 9.47. The predicted molar refractivity (Wildman–Crippen MR) is 52.2 cm³/mol. The second-order valence-corrected chi connectivity index (χ2v) is 5.45. The predicted octanol–water partition coefficient (Wildman–Crippen LogP) is 3.56. The first-order valence-corrected chi connectivity index (χ1v) is 6.11. The summed E-state index contributed by atoms with van der Waals surface area (Å²) in [6, 6.07) is 0. The van der Waals surface area contributed by atoms with Gasteiger partial charge in [0.15, 0.2) is 0 Å². The molecule has 0 atom stereocenters. The van der Waals surface area contributed by atoms with Gasteiger partial charge in [0, 0.05) is 0 Å². The van der Waals surface area contributed by atoms with Crippen LogP contribution in [0, 0.1) is 17.8 Å². The number of thioether (sulfide) groups is 1. The number of rotatable bonds is 4. The molecule has 1 saturated heterocycles. The lowest BCUT2D eigenvalue weighted by Gasteiger charge is -2.30. The van der Waals surface area contributed by atoms with Gasteiger partial charge in [0.25, 0.3) is 0 Å². The molecule has 75 valence electrons. The molecule has 1 saturated carbocycles. The summed E-state index contributed by atoms with van der Waals surface area (Å²) in [6.07, 6.45) is 2.38. The van der Waals surface area contributed by atoms with E-state index in [1.54, 1.807) is 0 Å². The molecule has 2 fully saturated rings. The Kier molecular flexibility index (Phi) is 2.76. The van der Waals surface area contributed by atoms with Crippen LogP contribution in [0.4, 0.5) is 8.78 Å². The summed E-state index contributed by atoms with van der Waals surface area (Å²) < 4.78 is 25.8. The van der Waals surface area contributed by atoms with E-state index in [1.807, 2.05) is 11.8 Å². The van der Waals surface area contributed by atoms with Crippen LogP contribution in [0.15, 0.2) is 0 Å². The minimum atomic E-state index is -3.05. The van der Waals surface area contributed by atoms with Crippen molar-refractivity contribution in [2.24, 2.45) is 11.8 Å². The van der Waals surface area contributed by atoms with Crippen molar-refractivity contribution in [1.29, 1.82) is 0 Å². The summed E-state index contributed by atoms with van der Waals surface area (Å²) in [7, 11) is 0. The smallest absolute Gasteiger partial charge is 0.188 e. The van der Waals surface area contributed by atoms with Crippen LogP contribution in [0.5, 0.6) is 0 Å². The Morgan fingerprint density at radius 1 is 1.38 bits per heavy atom. The maximum Gasteiger partial charge on any atom is 0.328 e. The van der Waals surface area contributed by atoms with Crippen molar-refractivity contribution in [3.05, 3.63) is 5.92 Å². The van der Waals surface area contributed by atoms with E-state index in [-0.39, 0.29) is 5.92 Å². The molecule has 0 amide bonds. The highest BCUT2D eigenvalue weighted by atomic mass is 35.5. The monoisotopic (exact) mass is 225 g/mol. The van der Waals surface area contributed by atoms with E-state index in [9.17, 15) is 8.78 Å². The average Bonchev–Trinajstić information content (AvgIpc) is 2.64. The molecule has 13 heavy (non-hydrogen) atoms. The Morgan fingerprint density at radius 3 is 2.31 bits per heavy atom. The highest BCUT2D eigenvalue weighted by Gasteiger charge is 2.48. The first-order valence-electron chi connectivity index (χ1n) is 4.58. The van der Waals surface area contributed by atoms with Crippen molar-refractivity contribution in [2.75, 3.05) is 11.5 Å². The van der Waals surface area contributed by atoms with Crippen molar-refractivity contribution >= 4 is 23.4 Å². The van der Waals surface area contributed by atoms with Crippen LogP contribution in [0.25, 0.3) is 0 Å². The fraction of sp³-hybridized carbons (Fsp3) is 0.889. The Labute approximate surface area is 86.4 Å². The van der Waals surface area contributed by atoms with Gasteiger partial charge in [-0.1, -0.05) is 0 Å². The van der Waals surface area contributed by atoms with E-state index in [0.717, 1.165) is 24.3 Å². The normalized spacial score (nSPS) is 24.9. The van der Waals surface area contributed by atoms with E-state index in [2.05, 4.69) is 0 Å². The fourth-order valence-electron chi connectivity index (χ4n) is 1.66. The van der Waals surface area contributed by atoms with Crippen LogP contribution in [0.2, 0.25) is 0 Å². The van der Waals surface area contributed by atoms with Crippen LogP contribution >= 0.6 is 23.4 Å². The molecule has 0 spiro atoms. The molecule has 0 bridgehead atoms. The molecule has 2 aliphatic rings. The van der Waals surface area contributed by atoms with E-state index < -0.39 is 5.38 Å². The maximum absolute atomic E-state index is 12.9. The topological polar surface area (TPSA) is 0 Å². The quantitative estimate of drug-likeness (QED) is 0.660. The van der Waals surface area contributed by atoms with Gasteiger partial charge in [0.1, 0.15) is 0 Å². The summed E-state index contributed by atoms with van der Waals surface area (Å²) in [5.74, 6) is 2.95. The van der Waals surface area contributed by atoms with Gasteiger partial charge < -0.3 is 0 Å². The molecule has 0 unspecified atom stereocenters. The van der Waals surface area contributed by atoms with E-state index in [1.165, 1.54) is 0 Å². The number of hydrogen-bond acceptors (Lipinski definition) is 1. The molecule has 2 rings (SSSR count). The van der Waals surface area contributed by atoms with Crippen molar-refractivity contribution in [2.45, 2.75) is 24.6 Å². The van der Waals surface area contributed by atoms with Gasteiger partial charge >= 0.3 is 5.38 Å². The molecule has 1 radical (unpaired) electrons. The van der Waals surface area contributed by atoms with Crippen molar-refractivity contribution in [3.63, 3.8) is 0 Å². The van der Waals surface area contributed by atoms with Crippen LogP contribution < -0.4 is 0 Å². The molecule has 0 N–H and O–H groups in total. The number of hydrogen-bond donors (Lipinski definition) is 0. The second-order valence-electron chi connectivity index (χ2n) is 3.90. The lowest BCUT2D eigenvalue weighted by Crippen LogP contribution is -2.29. The lowest BCUT2D eigenvalue weighted by atomic mass is 9.92. The summed E-state index contributed by atoms with van der Waals surface area (Å²) in [5, 5.41) is -3.05. The van der Waals surface area contributed by atoms with Crippen LogP contribution in [0.3, 0.4) is 0 Å². The summed E-state index contributed by atoms with van der Waals surface area (Å²) in [6.45, 7) is 0. The van der Waals surface area contributed by atoms with Gasteiger partial charge in [0.2, 0.25) is 0 Å². The van der Waals surface area contributed by atoms with E-state index in [4.69, 9.17) is 11.6 Å². The van der Waals surface area contributed by atoms with Crippen LogP contribution in [0.1, 0.15) is 19.3 Å². The molecule has 0 nitrogen and oxygen atoms in total. The van der Waals surface area contributed by atoms with Crippen molar-refractivity contribution < 1.29 is 8.78 Å². The highest BCUT2D eigenvalue weighted by Crippen LogP contribution is 2.51. The van der Waals surface area contributed by atoms with Crippen LogP contribution in [-0.2, 0) is 0 Å². The lowest BCUT2D eigenvalue weighted by molar-refractivity contribution is 0.0930.